The molecule has 0 spiro atoms. The Morgan fingerprint density at radius 1 is 1.30 bits per heavy atom. The van der Waals surface area contributed by atoms with Crippen molar-refractivity contribution in [1.82, 2.24) is 15.1 Å². The van der Waals surface area contributed by atoms with Gasteiger partial charge in [0.2, 0.25) is 11.8 Å². The van der Waals surface area contributed by atoms with Crippen molar-refractivity contribution in [2.24, 2.45) is 5.41 Å². The average Bonchev–Trinajstić information content (AvgIpc) is 2.43. The summed E-state index contributed by atoms with van der Waals surface area (Å²) in [6.07, 6.45) is 2.82. The highest BCUT2D eigenvalue weighted by molar-refractivity contribution is 5.96. The molecule has 0 bridgehead atoms. The highest BCUT2D eigenvalue weighted by Crippen LogP contribution is 2.32. The fourth-order valence-electron chi connectivity index (χ4n) is 3.11. The number of nitrogens with zero attached hydrogens (tertiary/aromatic N) is 2. The van der Waals surface area contributed by atoms with E-state index in [0.29, 0.717) is 13.0 Å². The van der Waals surface area contributed by atoms with Crippen molar-refractivity contribution in [1.29, 1.82) is 0 Å². The smallest absolute Gasteiger partial charge is 0.245 e. The lowest BCUT2D eigenvalue weighted by atomic mass is 9.79. The van der Waals surface area contributed by atoms with Crippen LogP contribution in [0.25, 0.3) is 0 Å². The summed E-state index contributed by atoms with van der Waals surface area (Å²) in [7, 11) is 2.13. The lowest BCUT2D eigenvalue weighted by Crippen LogP contribution is -2.64. The summed E-state index contributed by atoms with van der Waals surface area (Å²) >= 11 is 0. The maximum Gasteiger partial charge on any atom is 0.245 e. The van der Waals surface area contributed by atoms with E-state index in [1.54, 1.807) is 4.90 Å². The van der Waals surface area contributed by atoms with Gasteiger partial charge in [0.1, 0.15) is 12.1 Å². The zero-order chi connectivity index (χ0) is 14.9. The molecule has 0 aromatic carbocycles. The molecule has 2 heterocycles. The van der Waals surface area contributed by atoms with Crippen molar-refractivity contribution in [3.63, 3.8) is 0 Å². The minimum atomic E-state index is -0.346. The van der Waals surface area contributed by atoms with Gasteiger partial charge in [-0.3, -0.25) is 9.59 Å². The SMILES string of the molecule is CCC1NC(=O)C(C)N(CC2(C)CCN(C)CC2)C1=O. The Labute approximate surface area is 121 Å². The fourth-order valence-corrected chi connectivity index (χ4v) is 3.11. The molecular formula is C15H27N3O2. The van der Waals surface area contributed by atoms with E-state index in [4.69, 9.17) is 0 Å². The maximum absolute atomic E-state index is 12.5. The van der Waals surface area contributed by atoms with Crippen LogP contribution < -0.4 is 5.32 Å². The van der Waals surface area contributed by atoms with Crippen LogP contribution in [-0.4, -0.2) is 60.4 Å². The highest BCUT2D eigenvalue weighted by Gasteiger charge is 2.41. The van der Waals surface area contributed by atoms with Gasteiger partial charge in [0.15, 0.2) is 0 Å². The first-order valence-electron chi connectivity index (χ1n) is 7.66. The van der Waals surface area contributed by atoms with Gasteiger partial charge in [-0.2, -0.15) is 0 Å². The topological polar surface area (TPSA) is 52.7 Å². The summed E-state index contributed by atoms with van der Waals surface area (Å²) in [6.45, 7) is 8.84. The number of amides is 2. The summed E-state index contributed by atoms with van der Waals surface area (Å²) in [6, 6.07) is -0.685. The first-order chi connectivity index (χ1) is 9.36. The van der Waals surface area contributed by atoms with Crippen molar-refractivity contribution in [3.8, 4) is 0 Å². The van der Waals surface area contributed by atoms with Gasteiger partial charge in [0.05, 0.1) is 0 Å². The van der Waals surface area contributed by atoms with E-state index in [9.17, 15) is 9.59 Å². The lowest BCUT2D eigenvalue weighted by molar-refractivity contribution is -0.150. The van der Waals surface area contributed by atoms with Crippen LogP contribution in [0.5, 0.6) is 0 Å². The standard InChI is InChI=1S/C15H27N3O2/c1-5-12-14(20)18(11(2)13(19)16-12)10-15(3)6-8-17(4)9-7-15/h11-12H,5-10H2,1-4H3,(H,16,19). The Morgan fingerprint density at radius 2 is 1.90 bits per heavy atom. The molecule has 0 radical (unpaired) electrons. The molecule has 0 aromatic rings. The van der Waals surface area contributed by atoms with E-state index in [-0.39, 0.29) is 29.3 Å². The molecule has 1 N–H and O–H groups in total. The van der Waals surface area contributed by atoms with Crippen molar-refractivity contribution >= 4 is 11.8 Å². The summed E-state index contributed by atoms with van der Waals surface area (Å²) < 4.78 is 0. The Bertz CT molecular complexity index is 389. The normalized spacial score (nSPS) is 31.3. The van der Waals surface area contributed by atoms with Crippen molar-refractivity contribution in [2.45, 2.75) is 52.1 Å². The Balaban J connectivity index is 2.09. The van der Waals surface area contributed by atoms with Crippen molar-refractivity contribution < 1.29 is 9.59 Å². The number of nitrogens with one attached hydrogen (secondary N) is 1. The van der Waals surface area contributed by atoms with E-state index in [0.717, 1.165) is 25.9 Å². The second-order valence-electron chi connectivity index (χ2n) is 6.73. The van der Waals surface area contributed by atoms with Gasteiger partial charge in [-0.15, -0.1) is 0 Å². The third kappa shape index (κ3) is 2.97. The molecular weight excluding hydrogens is 254 g/mol. The maximum atomic E-state index is 12.5. The summed E-state index contributed by atoms with van der Waals surface area (Å²) in [4.78, 5) is 28.6. The number of piperidine rings is 1. The Hall–Kier alpha value is -1.10. The zero-order valence-corrected chi connectivity index (χ0v) is 13.1. The summed E-state index contributed by atoms with van der Waals surface area (Å²) in [5.74, 6) is 0.0627. The first kappa shape index (κ1) is 15.3. The zero-order valence-electron chi connectivity index (χ0n) is 13.1. The highest BCUT2D eigenvalue weighted by atomic mass is 16.2. The molecule has 0 aliphatic carbocycles. The van der Waals surface area contributed by atoms with Gasteiger partial charge in [-0.1, -0.05) is 13.8 Å². The molecule has 2 fully saturated rings. The predicted octanol–water partition coefficient (Wildman–Crippen LogP) is 0.844. The first-order valence-corrected chi connectivity index (χ1v) is 7.66. The minimum absolute atomic E-state index is 0.0204. The fraction of sp³-hybridized carbons (Fsp3) is 0.867. The third-order valence-electron chi connectivity index (χ3n) is 4.90. The van der Waals surface area contributed by atoms with E-state index in [1.807, 2.05) is 13.8 Å². The average molecular weight is 281 g/mol. The van der Waals surface area contributed by atoms with E-state index >= 15 is 0 Å². The molecule has 2 aliphatic rings. The molecule has 114 valence electrons. The van der Waals surface area contributed by atoms with Crippen LogP contribution in [0, 0.1) is 5.41 Å². The quantitative estimate of drug-likeness (QED) is 0.834. The van der Waals surface area contributed by atoms with Crippen LogP contribution in [0.1, 0.15) is 40.0 Å². The number of carbonyl (C=O) groups is 2. The number of carbonyl (C=O) groups excluding carboxylic acids is 2. The molecule has 2 saturated heterocycles. The molecule has 0 saturated carbocycles. The Kier molecular flexibility index (Phi) is 4.37. The van der Waals surface area contributed by atoms with E-state index in [1.165, 1.54) is 0 Å². The molecule has 2 aliphatic heterocycles. The van der Waals surface area contributed by atoms with Gasteiger partial charge in [-0.25, -0.2) is 0 Å². The summed E-state index contributed by atoms with van der Waals surface area (Å²) in [5.41, 5.74) is 0.131. The summed E-state index contributed by atoms with van der Waals surface area (Å²) in [5, 5.41) is 2.81. The van der Waals surface area contributed by atoms with E-state index < -0.39 is 0 Å². The van der Waals surface area contributed by atoms with Crippen molar-refractivity contribution in [2.75, 3.05) is 26.7 Å². The number of piperazine rings is 1. The Morgan fingerprint density at radius 3 is 2.45 bits per heavy atom. The van der Waals surface area contributed by atoms with Gasteiger partial charge in [-0.05, 0) is 51.7 Å². The third-order valence-corrected chi connectivity index (χ3v) is 4.90. The second-order valence-corrected chi connectivity index (χ2v) is 6.73. The number of hydrogen-bond acceptors (Lipinski definition) is 3. The molecule has 5 nitrogen and oxygen atoms in total. The molecule has 5 heteroatoms. The van der Waals surface area contributed by atoms with Crippen LogP contribution in [0.15, 0.2) is 0 Å². The van der Waals surface area contributed by atoms with Crippen LogP contribution in [0.3, 0.4) is 0 Å². The molecule has 0 aromatic heterocycles. The molecule has 2 rings (SSSR count). The van der Waals surface area contributed by atoms with Crippen LogP contribution >= 0.6 is 0 Å². The van der Waals surface area contributed by atoms with Crippen LogP contribution in [0.2, 0.25) is 0 Å². The number of hydrogen-bond donors (Lipinski definition) is 1. The largest absolute Gasteiger partial charge is 0.343 e. The monoisotopic (exact) mass is 281 g/mol. The molecule has 2 unspecified atom stereocenters. The molecule has 2 amide bonds. The van der Waals surface area contributed by atoms with Gasteiger partial charge in [0.25, 0.3) is 0 Å². The number of likely N-dealkylation sites (tertiary alicyclic amines) is 1. The number of rotatable bonds is 3. The lowest BCUT2D eigenvalue weighted by Gasteiger charge is -2.45. The molecule has 20 heavy (non-hydrogen) atoms. The van der Waals surface area contributed by atoms with E-state index in [2.05, 4.69) is 24.2 Å². The predicted molar refractivity (Wildman–Crippen MR) is 78.2 cm³/mol. The van der Waals surface area contributed by atoms with Crippen LogP contribution in [0.4, 0.5) is 0 Å². The van der Waals surface area contributed by atoms with Gasteiger partial charge in [0, 0.05) is 6.54 Å². The molecule has 2 atom stereocenters. The van der Waals surface area contributed by atoms with Crippen LogP contribution in [-0.2, 0) is 9.59 Å². The van der Waals surface area contributed by atoms with Gasteiger partial charge >= 0.3 is 0 Å². The van der Waals surface area contributed by atoms with Crippen molar-refractivity contribution in [3.05, 3.63) is 0 Å². The van der Waals surface area contributed by atoms with Gasteiger partial charge < -0.3 is 15.1 Å². The second kappa shape index (κ2) is 5.72. The minimum Gasteiger partial charge on any atom is -0.343 e.